The minimum absolute atomic E-state index is 0.0873. The molecular weight excluding hydrogens is 390 g/mol. The van der Waals surface area contributed by atoms with Crippen LogP contribution in [0.2, 0.25) is 0 Å². The molecule has 0 aliphatic carbocycles. The van der Waals surface area contributed by atoms with Crippen molar-refractivity contribution in [2.45, 2.75) is 26.2 Å². The van der Waals surface area contributed by atoms with Crippen molar-refractivity contribution in [1.29, 1.82) is 0 Å². The monoisotopic (exact) mass is 413 g/mol. The molecule has 0 bridgehead atoms. The van der Waals surface area contributed by atoms with Crippen LogP contribution in [0.4, 0.5) is 0 Å². The largest absolute Gasteiger partial charge is 0.372 e. The van der Waals surface area contributed by atoms with Gasteiger partial charge in [0.15, 0.2) is 0 Å². The fraction of sp³-hybridized carbons (Fsp3) is 0.160. The lowest BCUT2D eigenvalue weighted by Crippen LogP contribution is -2.26. The molecule has 6 nitrogen and oxygen atoms in total. The summed E-state index contributed by atoms with van der Waals surface area (Å²) in [6.07, 6.45) is 0.0873. The van der Waals surface area contributed by atoms with E-state index in [0.29, 0.717) is 36.2 Å². The van der Waals surface area contributed by atoms with E-state index >= 15 is 0 Å². The topological polar surface area (TPSA) is 84.1 Å². The number of hydrogen-bond donors (Lipinski definition) is 2. The Morgan fingerprint density at radius 2 is 1.52 bits per heavy atom. The molecule has 1 heterocycles. The van der Waals surface area contributed by atoms with Gasteiger partial charge >= 0.3 is 0 Å². The lowest BCUT2D eigenvalue weighted by molar-refractivity contribution is -0.120. The number of aromatic amines is 1. The average Bonchev–Trinajstić information content (AvgIpc) is 2.81. The molecule has 4 aromatic rings. The first-order valence-electron chi connectivity index (χ1n) is 10.1. The Kier molecular flexibility index (Phi) is 6.50. The summed E-state index contributed by atoms with van der Waals surface area (Å²) in [4.78, 5) is 24.5. The molecule has 0 saturated heterocycles. The number of fused-ring (bicyclic) bond motifs is 1. The molecule has 0 atom stereocenters. The van der Waals surface area contributed by atoms with E-state index in [2.05, 4.69) is 15.5 Å². The Morgan fingerprint density at radius 3 is 2.32 bits per heavy atom. The molecule has 4 rings (SSSR count). The number of rotatable bonds is 8. The van der Waals surface area contributed by atoms with Crippen LogP contribution < -0.4 is 10.9 Å². The SMILES string of the molecule is O=C(Cc1n[nH]c(=O)c2ccccc12)NCc1ccccc1COCc1ccccc1. The second-order valence-corrected chi connectivity index (χ2v) is 7.25. The zero-order valence-corrected chi connectivity index (χ0v) is 17.0. The Hall–Kier alpha value is -3.77. The highest BCUT2D eigenvalue weighted by Crippen LogP contribution is 2.14. The number of H-pyrrole nitrogens is 1. The fourth-order valence-corrected chi connectivity index (χ4v) is 3.44. The minimum atomic E-state index is -0.260. The van der Waals surface area contributed by atoms with Crippen LogP contribution in [0.1, 0.15) is 22.4 Å². The van der Waals surface area contributed by atoms with E-state index < -0.39 is 0 Å². The predicted molar refractivity (Wildman–Crippen MR) is 119 cm³/mol. The molecule has 1 aromatic heterocycles. The van der Waals surface area contributed by atoms with Crippen molar-refractivity contribution in [2.75, 3.05) is 0 Å². The predicted octanol–water partition coefficient (Wildman–Crippen LogP) is 3.50. The molecule has 2 N–H and O–H groups in total. The Balaban J connectivity index is 1.37. The number of amides is 1. The quantitative estimate of drug-likeness (QED) is 0.463. The first-order chi connectivity index (χ1) is 15.2. The molecular formula is C25H23N3O3. The van der Waals surface area contributed by atoms with E-state index in [-0.39, 0.29) is 17.9 Å². The highest BCUT2D eigenvalue weighted by Gasteiger charge is 2.11. The molecule has 0 aliphatic rings. The molecule has 0 unspecified atom stereocenters. The van der Waals surface area contributed by atoms with Crippen LogP contribution in [-0.4, -0.2) is 16.1 Å². The molecule has 0 spiro atoms. The van der Waals surface area contributed by atoms with Gasteiger partial charge in [-0.3, -0.25) is 9.59 Å². The average molecular weight is 413 g/mol. The second-order valence-electron chi connectivity index (χ2n) is 7.25. The van der Waals surface area contributed by atoms with Gasteiger partial charge in [-0.1, -0.05) is 72.8 Å². The number of nitrogens with zero attached hydrogens (tertiary/aromatic N) is 1. The molecule has 0 saturated carbocycles. The van der Waals surface area contributed by atoms with Gasteiger partial charge in [-0.25, -0.2) is 5.10 Å². The van der Waals surface area contributed by atoms with Crippen molar-refractivity contribution in [2.24, 2.45) is 0 Å². The summed E-state index contributed by atoms with van der Waals surface area (Å²) in [5, 5.41) is 10.7. The smallest absolute Gasteiger partial charge is 0.272 e. The molecule has 6 heteroatoms. The highest BCUT2D eigenvalue weighted by atomic mass is 16.5. The van der Waals surface area contributed by atoms with E-state index in [1.54, 1.807) is 18.2 Å². The van der Waals surface area contributed by atoms with Gasteiger partial charge < -0.3 is 10.1 Å². The standard InChI is InChI=1S/C25H23N3O3/c29-24(14-23-21-12-6-7-13-22(21)25(30)28-27-23)26-15-19-10-4-5-11-20(19)17-31-16-18-8-2-1-3-9-18/h1-13H,14-17H2,(H,26,29)(H,28,30). The first kappa shape index (κ1) is 20.5. The van der Waals surface area contributed by atoms with Crippen LogP contribution >= 0.6 is 0 Å². The maximum Gasteiger partial charge on any atom is 0.272 e. The molecule has 31 heavy (non-hydrogen) atoms. The summed E-state index contributed by atoms with van der Waals surface area (Å²) in [5.74, 6) is -0.162. The van der Waals surface area contributed by atoms with E-state index in [4.69, 9.17) is 4.74 Å². The van der Waals surface area contributed by atoms with Crippen molar-refractivity contribution >= 4 is 16.7 Å². The molecule has 156 valence electrons. The molecule has 1 amide bonds. The van der Waals surface area contributed by atoms with Crippen LogP contribution in [0.5, 0.6) is 0 Å². The van der Waals surface area contributed by atoms with E-state index in [1.807, 2.05) is 60.7 Å². The number of carbonyl (C=O) groups is 1. The van der Waals surface area contributed by atoms with Crippen LogP contribution in [0.25, 0.3) is 10.8 Å². The number of carbonyl (C=O) groups excluding carboxylic acids is 1. The summed E-state index contributed by atoms with van der Waals surface area (Å²) < 4.78 is 5.85. The maximum absolute atomic E-state index is 12.6. The Labute approximate surface area is 179 Å². The van der Waals surface area contributed by atoms with Gasteiger partial charge in [0.2, 0.25) is 5.91 Å². The number of benzene rings is 3. The highest BCUT2D eigenvalue weighted by molar-refractivity contribution is 5.88. The molecule has 0 radical (unpaired) electrons. The van der Waals surface area contributed by atoms with Crippen molar-refractivity contribution in [1.82, 2.24) is 15.5 Å². The van der Waals surface area contributed by atoms with Crippen molar-refractivity contribution in [3.63, 3.8) is 0 Å². The Bertz CT molecular complexity index is 1240. The van der Waals surface area contributed by atoms with Crippen molar-refractivity contribution in [3.8, 4) is 0 Å². The summed E-state index contributed by atoms with van der Waals surface area (Å²) in [6.45, 7) is 1.39. The van der Waals surface area contributed by atoms with E-state index in [9.17, 15) is 9.59 Å². The number of aromatic nitrogens is 2. The van der Waals surface area contributed by atoms with Crippen molar-refractivity contribution < 1.29 is 9.53 Å². The van der Waals surface area contributed by atoms with Gasteiger partial charge in [0.05, 0.1) is 30.7 Å². The fourth-order valence-electron chi connectivity index (χ4n) is 3.44. The Morgan fingerprint density at radius 1 is 0.839 bits per heavy atom. The van der Waals surface area contributed by atoms with Gasteiger partial charge in [-0.2, -0.15) is 5.10 Å². The first-order valence-corrected chi connectivity index (χ1v) is 10.1. The maximum atomic E-state index is 12.6. The van der Waals surface area contributed by atoms with Crippen LogP contribution in [0, 0.1) is 0 Å². The van der Waals surface area contributed by atoms with Crippen LogP contribution in [-0.2, 0) is 35.7 Å². The van der Waals surface area contributed by atoms with E-state index in [1.165, 1.54) is 0 Å². The van der Waals surface area contributed by atoms with Crippen molar-refractivity contribution in [3.05, 3.63) is 112 Å². The summed E-state index contributed by atoms with van der Waals surface area (Å²) in [5.41, 5.74) is 3.44. The lowest BCUT2D eigenvalue weighted by atomic mass is 10.1. The molecule has 3 aromatic carbocycles. The van der Waals surface area contributed by atoms with Gasteiger partial charge in [0, 0.05) is 11.9 Å². The van der Waals surface area contributed by atoms with Gasteiger partial charge in [0.1, 0.15) is 0 Å². The summed E-state index contributed by atoms with van der Waals surface area (Å²) in [7, 11) is 0. The molecule has 0 fully saturated rings. The summed E-state index contributed by atoms with van der Waals surface area (Å²) in [6, 6.07) is 25.1. The third kappa shape index (κ3) is 5.24. The van der Waals surface area contributed by atoms with E-state index in [0.717, 1.165) is 16.7 Å². The van der Waals surface area contributed by atoms with Gasteiger partial charge in [-0.05, 0) is 22.8 Å². The zero-order valence-electron chi connectivity index (χ0n) is 17.0. The third-order valence-corrected chi connectivity index (χ3v) is 5.07. The lowest BCUT2D eigenvalue weighted by Gasteiger charge is -2.12. The third-order valence-electron chi connectivity index (χ3n) is 5.07. The van der Waals surface area contributed by atoms with Crippen LogP contribution in [0.15, 0.2) is 83.7 Å². The molecule has 0 aliphatic heterocycles. The van der Waals surface area contributed by atoms with Gasteiger partial charge in [0.25, 0.3) is 5.56 Å². The number of nitrogens with one attached hydrogen (secondary N) is 2. The van der Waals surface area contributed by atoms with Crippen LogP contribution in [0.3, 0.4) is 0 Å². The minimum Gasteiger partial charge on any atom is -0.372 e. The second kappa shape index (κ2) is 9.82. The number of hydrogen-bond acceptors (Lipinski definition) is 4. The van der Waals surface area contributed by atoms with Gasteiger partial charge in [-0.15, -0.1) is 0 Å². The summed E-state index contributed by atoms with van der Waals surface area (Å²) >= 11 is 0. The number of ether oxygens (including phenoxy) is 1. The zero-order chi connectivity index (χ0) is 21.5. The normalized spacial score (nSPS) is 10.8.